The molecule has 2 fully saturated rings. The van der Waals surface area contributed by atoms with Gasteiger partial charge in [-0.1, -0.05) is 206 Å². The van der Waals surface area contributed by atoms with Gasteiger partial charge in [0.1, 0.15) is 48.8 Å². The molecular weight excluding hydrogens is 847 g/mol. The van der Waals surface area contributed by atoms with Crippen LogP contribution in [-0.4, -0.2) is 140 Å². The molecule has 14 nitrogen and oxygen atoms in total. The number of aliphatic hydroxyl groups is 8. The van der Waals surface area contributed by atoms with Crippen LogP contribution in [0.3, 0.4) is 0 Å². The molecule has 0 aromatic carbocycles. The van der Waals surface area contributed by atoms with Gasteiger partial charge in [0.15, 0.2) is 12.6 Å². The van der Waals surface area contributed by atoms with Crippen LogP contribution in [0.15, 0.2) is 12.2 Å². The third-order valence-electron chi connectivity index (χ3n) is 13.5. The van der Waals surface area contributed by atoms with Gasteiger partial charge in [-0.3, -0.25) is 4.79 Å². The van der Waals surface area contributed by atoms with Gasteiger partial charge in [-0.05, 0) is 19.3 Å². The lowest BCUT2D eigenvalue weighted by atomic mass is 9.97. The number of rotatable bonds is 42. The van der Waals surface area contributed by atoms with E-state index >= 15 is 0 Å². The molecule has 2 aliphatic rings. The van der Waals surface area contributed by atoms with Gasteiger partial charge in [-0.25, -0.2) is 0 Å². The minimum Gasteiger partial charge on any atom is -0.394 e. The largest absolute Gasteiger partial charge is 0.394 e. The molecule has 12 atom stereocenters. The lowest BCUT2D eigenvalue weighted by molar-refractivity contribution is -0.359. The molecule has 0 bridgehead atoms. The standard InChI is InChI=1S/C52H99NO13/c1-3-5-7-9-10-11-12-13-14-15-16-17-18-19-20-21-22-23-24-25-26-27-28-29-30-32-34-36-44(57)53-40(41(56)35-33-31-8-6-4-2)39-63-51-49(62)47(60)50(43(38-55)65-51)66-52-48(61)46(59)45(58)42(37-54)64-52/h33,35,40-43,45-52,54-56,58-62H,3-32,34,36-39H2,1-2H3,(H,53,57)/b35-33+. The van der Waals surface area contributed by atoms with Gasteiger partial charge in [-0.2, -0.15) is 0 Å². The molecule has 2 rings (SSSR count). The highest BCUT2D eigenvalue weighted by Gasteiger charge is 2.51. The molecule has 0 saturated carbocycles. The van der Waals surface area contributed by atoms with Crippen molar-refractivity contribution in [2.24, 2.45) is 0 Å². The van der Waals surface area contributed by atoms with E-state index in [4.69, 9.17) is 18.9 Å². The Labute approximate surface area is 399 Å². The second-order valence-electron chi connectivity index (χ2n) is 19.4. The first kappa shape index (κ1) is 60.9. The van der Waals surface area contributed by atoms with Crippen molar-refractivity contribution < 1.29 is 64.6 Å². The molecule has 0 aromatic rings. The van der Waals surface area contributed by atoms with Gasteiger partial charge < -0.3 is 65.1 Å². The highest BCUT2D eigenvalue weighted by atomic mass is 16.7. The first-order valence-corrected chi connectivity index (χ1v) is 26.9. The number of ether oxygens (including phenoxy) is 4. The van der Waals surface area contributed by atoms with E-state index in [0.29, 0.717) is 6.42 Å². The average Bonchev–Trinajstić information content (AvgIpc) is 3.31. The summed E-state index contributed by atoms with van der Waals surface area (Å²) in [6.07, 6.45) is 26.3. The smallest absolute Gasteiger partial charge is 0.220 e. The fourth-order valence-electron chi connectivity index (χ4n) is 9.06. The van der Waals surface area contributed by atoms with E-state index in [9.17, 15) is 45.6 Å². The number of aliphatic hydroxyl groups excluding tert-OH is 8. The molecule has 2 saturated heterocycles. The summed E-state index contributed by atoms with van der Waals surface area (Å²) < 4.78 is 22.6. The molecule has 14 heteroatoms. The zero-order chi connectivity index (χ0) is 48.2. The van der Waals surface area contributed by atoms with Crippen molar-refractivity contribution in [3.8, 4) is 0 Å². The third-order valence-corrected chi connectivity index (χ3v) is 13.5. The molecule has 12 unspecified atom stereocenters. The molecular formula is C52H99NO13. The number of allylic oxidation sites excluding steroid dienone is 1. The van der Waals surface area contributed by atoms with Gasteiger partial charge in [-0.15, -0.1) is 0 Å². The van der Waals surface area contributed by atoms with E-state index in [0.717, 1.165) is 44.9 Å². The van der Waals surface area contributed by atoms with E-state index in [2.05, 4.69) is 19.2 Å². The molecule has 0 aromatic heterocycles. The Balaban J connectivity index is 1.60. The monoisotopic (exact) mass is 946 g/mol. The molecule has 0 radical (unpaired) electrons. The second-order valence-corrected chi connectivity index (χ2v) is 19.4. The normalized spacial score (nSPS) is 26.8. The van der Waals surface area contributed by atoms with Crippen LogP contribution in [0.2, 0.25) is 0 Å². The molecule has 2 heterocycles. The van der Waals surface area contributed by atoms with Crippen molar-refractivity contribution >= 4 is 5.91 Å². The highest BCUT2D eigenvalue weighted by Crippen LogP contribution is 2.30. The average molecular weight is 946 g/mol. The van der Waals surface area contributed by atoms with E-state index < -0.39 is 86.8 Å². The Kier molecular flexibility index (Phi) is 36.4. The first-order valence-electron chi connectivity index (χ1n) is 26.9. The lowest BCUT2D eigenvalue weighted by Crippen LogP contribution is -2.65. The van der Waals surface area contributed by atoms with Crippen LogP contribution in [0.5, 0.6) is 0 Å². The molecule has 0 aliphatic carbocycles. The molecule has 1 amide bonds. The predicted octanol–water partition coefficient (Wildman–Crippen LogP) is 7.55. The summed E-state index contributed by atoms with van der Waals surface area (Å²) in [7, 11) is 0. The molecule has 2 aliphatic heterocycles. The van der Waals surface area contributed by atoms with Crippen LogP contribution in [0.4, 0.5) is 0 Å². The van der Waals surface area contributed by atoms with Crippen molar-refractivity contribution in [2.45, 2.75) is 293 Å². The van der Waals surface area contributed by atoms with Crippen molar-refractivity contribution in [2.75, 3.05) is 19.8 Å². The Morgan fingerprint density at radius 2 is 0.939 bits per heavy atom. The zero-order valence-electron chi connectivity index (χ0n) is 41.5. The van der Waals surface area contributed by atoms with Crippen molar-refractivity contribution in [1.29, 1.82) is 0 Å². The molecule has 66 heavy (non-hydrogen) atoms. The second kappa shape index (κ2) is 39.5. The number of hydrogen-bond acceptors (Lipinski definition) is 13. The Hall–Kier alpha value is -1.27. The van der Waals surface area contributed by atoms with Crippen LogP contribution < -0.4 is 5.32 Å². The number of carbonyl (C=O) groups excluding carboxylic acids is 1. The summed E-state index contributed by atoms with van der Waals surface area (Å²) in [5.74, 6) is -0.243. The quantitative estimate of drug-likeness (QED) is 0.0213. The SMILES string of the molecule is CCCCC/C=C/C(O)C(COC1OC(CO)C(OC2OC(CO)C(O)C(O)C2O)C(O)C1O)NC(=O)CCCCCCCCCCCCCCCCCCCCCCCCCCCCC. The minimum absolute atomic E-state index is 0.243. The van der Waals surface area contributed by atoms with E-state index in [-0.39, 0.29) is 18.9 Å². The third kappa shape index (κ3) is 26.1. The predicted molar refractivity (Wildman–Crippen MR) is 259 cm³/mol. The maximum atomic E-state index is 13.1. The lowest BCUT2D eigenvalue weighted by Gasteiger charge is -2.46. The van der Waals surface area contributed by atoms with Crippen molar-refractivity contribution in [3.05, 3.63) is 12.2 Å². The maximum absolute atomic E-state index is 13.1. The summed E-state index contributed by atoms with van der Waals surface area (Å²) in [4.78, 5) is 13.1. The topological polar surface area (TPSA) is 228 Å². The highest BCUT2D eigenvalue weighted by molar-refractivity contribution is 5.76. The Morgan fingerprint density at radius 1 is 0.530 bits per heavy atom. The van der Waals surface area contributed by atoms with Crippen LogP contribution in [-0.2, 0) is 23.7 Å². The van der Waals surface area contributed by atoms with E-state index in [1.165, 1.54) is 148 Å². The fourth-order valence-corrected chi connectivity index (χ4v) is 9.06. The number of unbranched alkanes of at least 4 members (excludes halogenated alkanes) is 29. The van der Waals surface area contributed by atoms with E-state index in [1.54, 1.807) is 6.08 Å². The number of carbonyl (C=O) groups is 1. The van der Waals surface area contributed by atoms with Gasteiger partial charge in [0, 0.05) is 6.42 Å². The molecule has 9 N–H and O–H groups in total. The Bertz CT molecular complexity index is 1160. The Morgan fingerprint density at radius 3 is 1.39 bits per heavy atom. The number of hydrogen-bond donors (Lipinski definition) is 9. The van der Waals surface area contributed by atoms with Crippen molar-refractivity contribution in [3.63, 3.8) is 0 Å². The van der Waals surface area contributed by atoms with Gasteiger partial charge in [0.25, 0.3) is 0 Å². The maximum Gasteiger partial charge on any atom is 0.220 e. The van der Waals surface area contributed by atoms with Crippen LogP contribution in [0.1, 0.15) is 219 Å². The van der Waals surface area contributed by atoms with E-state index in [1.807, 2.05) is 6.08 Å². The van der Waals surface area contributed by atoms with Crippen LogP contribution in [0.25, 0.3) is 0 Å². The van der Waals surface area contributed by atoms with Gasteiger partial charge >= 0.3 is 0 Å². The summed E-state index contributed by atoms with van der Waals surface area (Å²) in [6.45, 7) is 2.68. The number of amides is 1. The first-order chi connectivity index (χ1) is 32.1. The molecule has 0 spiro atoms. The molecule has 390 valence electrons. The van der Waals surface area contributed by atoms with Crippen LogP contribution >= 0.6 is 0 Å². The van der Waals surface area contributed by atoms with Crippen LogP contribution in [0, 0.1) is 0 Å². The van der Waals surface area contributed by atoms with Gasteiger partial charge in [0.05, 0.1) is 32.0 Å². The summed E-state index contributed by atoms with van der Waals surface area (Å²) in [5, 5.41) is 86.2. The summed E-state index contributed by atoms with van der Waals surface area (Å²) >= 11 is 0. The minimum atomic E-state index is -1.78. The summed E-state index contributed by atoms with van der Waals surface area (Å²) in [5.41, 5.74) is 0. The number of nitrogens with one attached hydrogen (secondary N) is 1. The van der Waals surface area contributed by atoms with Gasteiger partial charge in [0.2, 0.25) is 5.91 Å². The zero-order valence-corrected chi connectivity index (χ0v) is 41.5. The summed E-state index contributed by atoms with van der Waals surface area (Å²) in [6, 6.07) is -0.905. The fraction of sp³-hybridized carbons (Fsp3) is 0.942. The van der Waals surface area contributed by atoms with Crippen molar-refractivity contribution in [1.82, 2.24) is 5.32 Å².